The van der Waals surface area contributed by atoms with Gasteiger partial charge in [0.25, 0.3) is 0 Å². The van der Waals surface area contributed by atoms with E-state index in [4.69, 9.17) is 10.00 Å². The molecule has 1 aromatic heterocycles. The highest BCUT2D eigenvalue weighted by molar-refractivity contribution is 5.79. The lowest BCUT2D eigenvalue weighted by atomic mass is 9.94. The monoisotopic (exact) mass is 356 g/mol. The second-order valence-electron chi connectivity index (χ2n) is 7.57. The number of carbonyl (C=O) groups excluding carboxylic acids is 1. The molecule has 2 saturated heterocycles. The summed E-state index contributed by atoms with van der Waals surface area (Å²) in [6, 6.07) is 5.77. The van der Waals surface area contributed by atoms with Gasteiger partial charge in [-0.05, 0) is 37.3 Å². The van der Waals surface area contributed by atoms with Crippen LogP contribution in [0.1, 0.15) is 38.7 Å². The Balaban J connectivity index is 1.56. The molecule has 1 unspecified atom stereocenters. The molecule has 1 atom stereocenters. The van der Waals surface area contributed by atoms with Crippen LogP contribution in [0.3, 0.4) is 0 Å². The first-order valence-electron chi connectivity index (χ1n) is 9.60. The molecule has 2 fully saturated rings. The highest BCUT2D eigenvalue weighted by Crippen LogP contribution is 2.25. The molecule has 0 bridgehead atoms. The lowest BCUT2D eigenvalue weighted by Gasteiger charge is -2.35. The van der Waals surface area contributed by atoms with Crippen molar-refractivity contribution >= 4 is 11.7 Å². The zero-order valence-electron chi connectivity index (χ0n) is 15.7. The molecule has 0 saturated carbocycles. The van der Waals surface area contributed by atoms with E-state index in [2.05, 4.69) is 29.8 Å². The summed E-state index contributed by atoms with van der Waals surface area (Å²) in [5.41, 5.74) is 0.571. The van der Waals surface area contributed by atoms with Crippen LogP contribution in [0, 0.1) is 23.2 Å². The minimum absolute atomic E-state index is 0.0931. The first kappa shape index (κ1) is 18.7. The lowest BCUT2D eigenvalue weighted by Crippen LogP contribution is -2.45. The van der Waals surface area contributed by atoms with E-state index >= 15 is 0 Å². The zero-order chi connectivity index (χ0) is 18.5. The maximum Gasteiger partial charge on any atom is 0.225 e. The van der Waals surface area contributed by atoms with Gasteiger partial charge in [0.05, 0.1) is 11.7 Å². The van der Waals surface area contributed by atoms with Crippen molar-refractivity contribution in [3.63, 3.8) is 0 Å². The van der Waals surface area contributed by atoms with Crippen LogP contribution in [-0.4, -0.2) is 54.7 Å². The van der Waals surface area contributed by atoms with E-state index < -0.39 is 0 Å². The second-order valence-corrected chi connectivity index (χ2v) is 7.57. The highest BCUT2D eigenvalue weighted by Gasteiger charge is 2.31. The van der Waals surface area contributed by atoms with Crippen molar-refractivity contribution in [1.82, 2.24) is 9.88 Å². The van der Waals surface area contributed by atoms with Gasteiger partial charge >= 0.3 is 0 Å². The number of nitriles is 1. The summed E-state index contributed by atoms with van der Waals surface area (Å²) in [6.07, 6.45) is 4.37. The van der Waals surface area contributed by atoms with Crippen molar-refractivity contribution in [1.29, 1.82) is 5.26 Å². The minimum atomic E-state index is 0.0931. The number of anilines is 1. The quantitative estimate of drug-likeness (QED) is 0.832. The van der Waals surface area contributed by atoms with Gasteiger partial charge in [0, 0.05) is 44.9 Å². The molecule has 0 N–H and O–H groups in total. The van der Waals surface area contributed by atoms with Gasteiger partial charge in [0.15, 0.2) is 0 Å². The second kappa shape index (κ2) is 8.50. The molecule has 0 radical (unpaired) electrons. The van der Waals surface area contributed by atoms with Crippen molar-refractivity contribution in [2.24, 2.45) is 11.8 Å². The van der Waals surface area contributed by atoms with Crippen molar-refractivity contribution in [2.75, 3.05) is 37.7 Å². The van der Waals surface area contributed by atoms with E-state index in [-0.39, 0.29) is 17.9 Å². The van der Waals surface area contributed by atoms with Crippen LogP contribution < -0.4 is 4.90 Å². The van der Waals surface area contributed by atoms with Crippen LogP contribution in [0.5, 0.6) is 0 Å². The van der Waals surface area contributed by atoms with Gasteiger partial charge in [-0.3, -0.25) is 4.79 Å². The molecule has 6 nitrogen and oxygen atoms in total. The Bertz CT molecular complexity index is 645. The Hall–Kier alpha value is -2.13. The van der Waals surface area contributed by atoms with E-state index in [1.54, 1.807) is 12.3 Å². The molecule has 0 spiro atoms. The van der Waals surface area contributed by atoms with Gasteiger partial charge in [-0.1, -0.05) is 13.8 Å². The van der Waals surface area contributed by atoms with Crippen LogP contribution in [-0.2, 0) is 9.53 Å². The van der Waals surface area contributed by atoms with Crippen molar-refractivity contribution in [2.45, 2.75) is 39.2 Å². The number of rotatable bonds is 3. The predicted molar refractivity (Wildman–Crippen MR) is 99.7 cm³/mol. The number of hydrogen-bond acceptors (Lipinski definition) is 5. The van der Waals surface area contributed by atoms with Gasteiger partial charge in [-0.15, -0.1) is 0 Å². The number of carbonyl (C=O) groups is 1. The van der Waals surface area contributed by atoms with E-state index in [9.17, 15) is 4.79 Å². The summed E-state index contributed by atoms with van der Waals surface area (Å²) in [4.78, 5) is 21.6. The van der Waals surface area contributed by atoms with Crippen LogP contribution >= 0.6 is 0 Å². The molecule has 140 valence electrons. The van der Waals surface area contributed by atoms with Gasteiger partial charge < -0.3 is 14.5 Å². The molecule has 26 heavy (non-hydrogen) atoms. The average molecular weight is 356 g/mol. The molecule has 2 aliphatic rings. The fourth-order valence-corrected chi connectivity index (χ4v) is 3.71. The summed E-state index contributed by atoms with van der Waals surface area (Å²) in [5, 5.41) is 8.88. The normalized spacial score (nSPS) is 22.2. The number of ether oxygens (including phenoxy) is 1. The smallest absolute Gasteiger partial charge is 0.225 e. The van der Waals surface area contributed by atoms with Crippen molar-refractivity contribution in [3.05, 3.63) is 23.9 Å². The molecule has 6 heteroatoms. The largest absolute Gasteiger partial charge is 0.376 e. The standard InChI is InChI=1S/C20H28N4O2/c1-15(2)18-14-24(8-3-11-26-18)20(25)17-6-9-23(10-7-17)19-5-4-16(12-21)13-22-19/h4-5,13,15,17-18H,3,6-11,14H2,1-2H3. The maximum atomic E-state index is 13.0. The fourth-order valence-electron chi connectivity index (χ4n) is 3.71. The maximum absolute atomic E-state index is 13.0. The Labute approximate surface area is 155 Å². The van der Waals surface area contributed by atoms with E-state index in [0.717, 1.165) is 51.3 Å². The molecule has 1 aromatic rings. The Morgan fingerprint density at radius 2 is 2.08 bits per heavy atom. The first-order valence-corrected chi connectivity index (χ1v) is 9.60. The molecular weight excluding hydrogens is 328 g/mol. The van der Waals surface area contributed by atoms with Crippen molar-refractivity contribution in [3.8, 4) is 6.07 Å². The number of amides is 1. The Kier molecular flexibility index (Phi) is 6.10. The first-order chi connectivity index (χ1) is 12.6. The molecule has 0 aromatic carbocycles. The van der Waals surface area contributed by atoms with Crippen LogP contribution in [0.15, 0.2) is 18.3 Å². The highest BCUT2D eigenvalue weighted by atomic mass is 16.5. The zero-order valence-corrected chi connectivity index (χ0v) is 15.7. The molecule has 0 aliphatic carbocycles. The van der Waals surface area contributed by atoms with Gasteiger partial charge in [0.1, 0.15) is 11.9 Å². The number of pyridine rings is 1. The topological polar surface area (TPSA) is 69.5 Å². The molecular formula is C20H28N4O2. The van der Waals surface area contributed by atoms with Crippen molar-refractivity contribution < 1.29 is 9.53 Å². The van der Waals surface area contributed by atoms with Gasteiger partial charge in [-0.25, -0.2) is 4.98 Å². The third-order valence-corrected chi connectivity index (χ3v) is 5.41. The third-order valence-electron chi connectivity index (χ3n) is 5.41. The molecule has 3 rings (SSSR count). The molecule has 1 amide bonds. The van der Waals surface area contributed by atoms with Gasteiger partial charge in [-0.2, -0.15) is 5.26 Å². The number of aromatic nitrogens is 1. The van der Waals surface area contributed by atoms with E-state index in [0.29, 0.717) is 18.0 Å². The Morgan fingerprint density at radius 3 is 2.69 bits per heavy atom. The summed E-state index contributed by atoms with van der Waals surface area (Å²) >= 11 is 0. The van der Waals surface area contributed by atoms with Crippen LogP contribution in [0.4, 0.5) is 5.82 Å². The summed E-state index contributed by atoms with van der Waals surface area (Å²) < 4.78 is 5.89. The number of hydrogen-bond donors (Lipinski definition) is 0. The third kappa shape index (κ3) is 4.34. The number of nitrogens with zero attached hydrogens (tertiary/aromatic N) is 4. The van der Waals surface area contributed by atoms with E-state index in [1.807, 2.05) is 11.0 Å². The average Bonchev–Trinajstić information content (AvgIpc) is 2.94. The summed E-state index contributed by atoms with van der Waals surface area (Å²) in [5.74, 6) is 1.69. The predicted octanol–water partition coefficient (Wildman–Crippen LogP) is 2.44. The molecule has 2 aliphatic heterocycles. The summed E-state index contributed by atoms with van der Waals surface area (Å²) in [7, 11) is 0. The van der Waals surface area contributed by atoms with Crippen LogP contribution in [0.25, 0.3) is 0 Å². The minimum Gasteiger partial charge on any atom is -0.376 e. The van der Waals surface area contributed by atoms with Crippen LogP contribution in [0.2, 0.25) is 0 Å². The fraction of sp³-hybridized carbons (Fsp3) is 0.650. The SMILES string of the molecule is CC(C)C1CN(C(=O)C2CCN(c3ccc(C#N)cn3)CC2)CCCO1. The summed E-state index contributed by atoms with van der Waals surface area (Å²) in [6.45, 7) is 8.23. The molecule has 3 heterocycles. The Morgan fingerprint density at radius 1 is 1.31 bits per heavy atom. The number of piperidine rings is 1. The lowest BCUT2D eigenvalue weighted by molar-refractivity contribution is -0.137. The van der Waals surface area contributed by atoms with Gasteiger partial charge in [0.2, 0.25) is 5.91 Å². The van der Waals surface area contributed by atoms with E-state index in [1.165, 1.54) is 0 Å².